The predicted molar refractivity (Wildman–Crippen MR) is 70.2 cm³/mol. The summed E-state index contributed by atoms with van der Waals surface area (Å²) in [6.07, 6.45) is 2.67. The smallest absolute Gasteiger partial charge is 0.306 e. The number of rotatable bonds is 3. The first-order chi connectivity index (χ1) is 8.58. The molecule has 1 fully saturated rings. The van der Waals surface area contributed by atoms with Crippen molar-refractivity contribution in [2.24, 2.45) is 5.92 Å². The Labute approximate surface area is 114 Å². The number of carbonyl (C=O) groups excluding carboxylic acids is 1. The maximum absolute atomic E-state index is 11.9. The van der Waals surface area contributed by atoms with E-state index >= 15 is 0 Å². The van der Waals surface area contributed by atoms with E-state index in [0.717, 1.165) is 0 Å². The van der Waals surface area contributed by atoms with Gasteiger partial charge in [0.05, 0.1) is 10.9 Å². The summed E-state index contributed by atoms with van der Waals surface area (Å²) in [5, 5.41) is 14.1. The van der Waals surface area contributed by atoms with Crippen molar-refractivity contribution in [2.45, 2.75) is 31.7 Å². The fourth-order valence-electron chi connectivity index (χ4n) is 2.19. The van der Waals surface area contributed by atoms with Crippen LogP contribution in [0.2, 0.25) is 5.02 Å². The molecule has 98 valence electrons. The van der Waals surface area contributed by atoms with Crippen LogP contribution in [0.5, 0.6) is 0 Å². The minimum Gasteiger partial charge on any atom is -0.481 e. The molecule has 0 saturated heterocycles. The first kappa shape index (κ1) is 13.4. The van der Waals surface area contributed by atoms with Gasteiger partial charge in [0.15, 0.2) is 0 Å². The molecule has 1 amide bonds. The van der Waals surface area contributed by atoms with Crippen LogP contribution in [0.1, 0.15) is 35.4 Å². The van der Waals surface area contributed by atoms with Gasteiger partial charge in [-0.3, -0.25) is 9.59 Å². The second-order valence-corrected chi connectivity index (χ2v) is 5.78. The molecule has 1 aromatic rings. The largest absolute Gasteiger partial charge is 0.481 e. The van der Waals surface area contributed by atoms with Gasteiger partial charge >= 0.3 is 5.97 Å². The lowest BCUT2D eigenvalue weighted by atomic mass is 9.86. The van der Waals surface area contributed by atoms with Gasteiger partial charge in [0.25, 0.3) is 5.91 Å². The Morgan fingerprint density at radius 2 is 2.00 bits per heavy atom. The average Bonchev–Trinajstić information content (AvgIpc) is 2.76. The van der Waals surface area contributed by atoms with Crippen molar-refractivity contribution >= 4 is 34.8 Å². The summed E-state index contributed by atoms with van der Waals surface area (Å²) >= 11 is 7.20. The number of nitrogens with one attached hydrogen (secondary N) is 1. The summed E-state index contributed by atoms with van der Waals surface area (Å²) in [7, 11) is 0. The number of hydrogen-bond donors (Lipinski definition) is 2. The number of carbonyl (C=O) groups is 2. The lowest BCUT2D eigenvalue weighted by Crippen LogP contribution is -2.38. The minimum atomic E-state index is -0.735. The highest BCUT2D eigenvalue weighted by Gasteiger charge is 2.27. The van der Waals surface area contributed by atoms with E-state index in [1.165, 1.54) is 11.3 Å². The van der Waals surface area contributed by atoms with Gasteiger partial charge in [-0.1, -0.05) is 11.6 Å². The second kappa shape index (κ2) is 5.71. The van der Waals surface area contributed by atoms with E-state index in [-0.39, 0.29) is 17.9 Å². The standard InChI is InChI=1S/C12H14ClNO3S/c13-9-5-6-18-10(9)11(15)14-8-3-1-7(2-4-8)12(16)17/h5-8H,1-4H2,(H,14,15)(H,16,17). The summed E-state index contributed by atoms with van der Waals surface area (Å²) in [4.78, 5) is 23.2. The Morgan fingerprint density at radius 1 is 1.33 bits per heavy atom. The van der Waals surface area contributed by atoms with Gasteiger partial charge < -0.3 is 10.4 Å². The fraction of sp³-hybridized carbons (Fsp3) is 0.500. The maximum Gasteiger partial charge on any atom is 0.306 e. The van der Waals surface area contributed by atoms with Crippen molar-refractivity contribution in [3.8, 4) is 0 Å². The highest BCUT2D eigenvalue weighted by Crippen LogP contribution is 2.26. The zero-order valence-corrected chi connectivity index (χ0v) is 11.3. The van der Waals surface area contributed by atoms with E-state index < -0.39 is 5.97 Å². The number of amides is 1. The molecule has 0 radical (unpaired) electrons. The SMILES string of the molecule is O=C(NC1CCC(C(=O)O)CC1)c1sccc1Cl. The molecule has 1 heterocycles. The Morgan fingerprint density at radius 3 is 2.50 bits per heavy atom. The highest BCUT2D eigenvalue weighted by atomic mass is 35.5. The molecule has 1 aliphatic rings. The lowest BCUT2D eigenvalue weighted by Gasteiger charge is -2.26. The quantitative estimate of drug-likeness (QED) is 0.898. The van der Waals surface area contributed by atoms with Crippen LogP contribution in [-0.4, -0.2) is 23.0 Å². The number of carboxylic acid groups (broad SMARTS) is 1. The topological polar surface area (TPSA) is 66.4 Å². The molecule has 1 saturated carbocycles. The van der Waals surface area contributed by atoms with E-state index in [0.29, 0.717) is 35.6 Å². The van der Waals surface area contributed by atoms with Gasteiger partial charge in [-0.25, -0.2) is 0 Å². The van der Waals surface area contributed by atoms with Gasteiger partial charge in [-0.05, 0) is 37.1 Å². The van der Waals surface area contributed by atoms with Crippen molar-refractivity contribution in [3.63, 3.8) is 0 Å². The molecule has 1 aromatic heterocycles. The van der Waals surface area contributed by atoms with Crippen LogP contribution >= 0.6 is 22.9 Å². The molecule has 2 N–H and O–H groups in total. The Balaban J connectivity index is 1.87. The van der Waals surface area contributed by atoms with E-state index in [1.54, 1.807) is 11.4 Å². The third kappa shape index (κ3) is 3.03. The van der Waals surface area contributed by atoms with Gasteiger partial charge in [0.1, 0.15) is 4.88 Å². The molecule has 0 bridgehead atoms. The van der Waals surface area contributed by atoms with Crippen LogP contribution in [0, 0.1) is 5.92 Å². The van der Waals surface area contributed by atoms with E-state index in [1.807, 2.05) is 0 Å². The fourth-order valence-corrected chi connectivity index (χ4v) is 3.24. The molecular formula is C12H14ClNO3S. The van der Waals surface area contributed by atoms with E-state index in [2.05, 4.69) is 5.32 Å². The van der Waals surface area contributed by atoms with Crippen molar-refractivity contribution in [2.75, 3.05) is 0 Å². The van der Waals surface area contributed by atoms with Gasteiger partial charge in [0, 0.05) is 6.04 Å². The van der Waals surface area contributed by atoms with Gasteiger partial charge in [0.2, 0.25) is 0 Å². The molecule has 0 spiro atoms. The number of carboxylic acids is 1. The number of hydrogen-bond acceptors (Lipinski definition) is 3. The van der Waals surface area contributed by atoms with Crippen LogP contribution in [0.15, 0.2) is 11.4 Å². The zero-order chi connectivity index (χ0) is 13.1. The molecule has 4 nitrogen and oxygen atoms in total. The Kier molecular flexibility index (Phi) is 4.24. The van der Waals surface area contributed by atoms with Gasteiger partial charge in [-0.2, -0.15) is 0 Å². The highest BCUT2D eigenvalue weighted by molar-refractivity contribution is 7.12. The number of thiophene rings is 1. The molecule has 0 atom stereocenters. The summed E-state index contributed by atoms with van der Waals surface area (Å²) in [5.41, 5.74) is 0. The monoisotopic (exact) mass is 287 g/mol. The van der Waals surface area contributed by atoms with E-state index in [4.69, 9.17) is 16.7 Å². The first-order valence-electron chi connectivity index (χ1n) is 5.84. The maximum atomic E-state index is 11.9. The van der Waals surface area contributed by atoms with Crippen molar-refractivity contribution in [1.82, 2.24) is 5.32 Å². The van der Waals surface area contributed by atoms with Crippen LogP contribution in [0.4, 0.5) is 0 Å². The summed E-state index contributed by atoms with van der Waals surface area (Å²) in [6.45, 7) is 0. The van der Waals surface area contributed by atoms with E-state index in [9.17, 15) is 9.59 Å². The third-order valence-corrected chi connectivity index (χ3v) is 4.58. The molecule has 0 aliphatic heterocycles. The second-order valence-electron chi connectivity index (χ2n) is 4.46. The summed E-state index contributed by atoms with van der Waals surface area (Å²) in [5.74, 6) is -1.15. The Hall–Kier alpha value is -1.07. The van der Waals surface area contributed by atoms with Crippen LogP contribution in [0.3, 0.4) is 0 Å². The van der Waals surface area contributed by atoms with Crippen molar-refractivity contribution < 1.29 is 14.7 Å². The summed E-state index contributed by atoms with van der Waals surface area (Å²) in [6, 6.07) is 1.76. The van der Waals surface area contributed by atoms with Gasteiger partial charge in [-0.15, -0.1) is 11.3 Å². The lowest BCUT2D eigenvalue weighted by molar-refractivity contribution is -0.142. The predicted octanol–water partition coefficient (Wildman–Crippen LogP) is 2.77. The van der Waals surface area contributed by atoms with Crippen molar-refractivity contribution in [3.05, 3.63) is 21.3 Å². The first-order valence-corrected chi connectivity index (χ1v) is 7.10. The van der Waals surface area contributed by atoms with Crippen LogP contribution < -0.4 is 5.32 Å². The molecule has 1 aliphatic carbocycles. The molecule has 2 rings (SSSR count). The van der Waals surface area contributed by atoms with Crippen LogP contribution in [-0.2, 0) is 4.79 Å². The van der Waals surface area contributed by atoms with Crippen LogP contribution in [0.25, 0.3) is 0 Å². The molecule has 6 heteroatoms. The Bertz CT molecular complexity index is 452. The number of halogens is 1. The average molecular weight is 288 g/mol. The molecule has 18 heavy (non-hydrogen) atoms. The third-order valence-electron chi connectivity index (χ3n) is 3.24. The zero-order valence-electron chi connectivity index (χ0n) is 9.69. The molecular weight excluding hydrogens is 274 g/mol. The minimum absolute atomic E-state index is 0.0614. The van der Waals surface area contributed by atoms with Crippen molar-refractivity contribution in [1.29, 1.82) is 0 Å². The number of aliphatic carboxylic acids is 1. The molecule has 0 unspecified atom stereocenters. The summed E-state index contributed by atoms with van der Waals surface area (Å²) < 4.78 is 0. The molecule has 0 aromatic carbocycles. The normalized spacial score (nSPS) is 23.6.